The predicted octanol–water partition coefficient (Wildman–Crippen LogP) is 1.15. The molecule has 2 heterocycles. The average molecular weight is 176 g/mol. The number of carbonyl (C=O) groups is 1. The van der Waals surface area contributed by atoms with Crippen LogP contribution in [-0.2, 0) is 9.53 Å². The summed E-state index contributed by atoms with van der Waals surface area (Å²) in [4.78, 5) is 14.7. The summed E-state index contributed by atoms with van der Waals surface area (Å²) in [6.45, 7) is 3.58. The number of amides is 1. The minimum absolute atomic E-state index is 0.127. The molecule has 4 heteroatoms. The second kappa shape index (κ2) is 2.19. The number of hydrogen-bond acceptors (Lipinski definition) is 3. The monoisotopic (exact) mass is 176 g/mol. The van der Waals surface area contributed by atoms with Gasteiger partial charge in [0.25, 0.3) is 5.91 Å². The number of hydrogen-bond donors (Lipinski definition) is 0. The van der Waals surface area contributed by atoms with Crippen LogP contribution in [0.5, 0.6) is 0 Å². The van der Waals surface area contributed by atoms with Gasteiger partial charge in [0.05, 0.1) is 12.5 Å². The van der Waals surface area contributed by atoms with E-state index in [1.54, 1.807) is 13.8 Å². The van der Waals surface area contributed by atoms with Gasteiger partial charge in [0.2, 0.25) is 5.90 Å². The zero-order valence-corrected chi connectivity index (χ0v) is 7.42. The quantitative estimate of drug-likeness (QED) is 0.556. The van der Waals surface area contributed by atoms with Gasteiger partial charge in [-0.1, -0.05) is 0 Å². The Morgan fingerprint density at radius 3 is 2.85 bits per heavy atom. The number of nitrogens with zero attached hydrogens (tertiary/aromatic N) is 2. The van der Waals surface area contributed by atoms with Crippen molar-refractivity contribution in [3.05, 3.63) is 11.3 Å². The Bertz CT molecular complexity index is 400. The molecule has 2 aliphatic heterocycles. The van der Waals surface area contributed by atoms with Crippen molar-refractivity contribution >= 4 is 11.8 Å². The first-order valence-corrected chi connectivity index (χ1v) is 3.99. The smallest absolute Gasteiger partial charge is 0.251 e. The molecule has 0 N–H and O–H groups in total. The number of fused-ring (bicyclic) bond motifs is 1. The van der Waals surface area contributed by atoms with E-state index in [1.165, 1.54) is 0 Å². The number of carbonyl (C=O) groups excluding carboxylic acids is 1. The molecule has 0 aliphatic carbocycles. The van der Waals surface area contributed by atoms with Crippen LogP contribution in [0.3, 0.4) is 0 Å². The van der Waals surface area contributed by atoms with Crippen molar-refractivity contribution in [2.45, 2.75) is 20.3 Å². The van der Waals surface area contributed by atoms with Gasteiger partial charge in [-0.3, -0.25) is 4.79 Å². The molecular weight excluding hydrogens is 168 g/mol. The summed E-state index contributed by atoms with van der Waals surface area (Å²) in [5.74, 6) is 0.672. The Balaban J connectivity index is 2.58. The summed E-state index contributed by atoms with van der Waals surface area (Å²) < 4.78 is 5.25. The SMILES string of the molecule is CC1=C(C)[C@]2(C#N)CC(=O)N=C2O1. The highest BCUT2D eigenvalue weighted by atomic mass is 16.5. The molecular formula is C9H8N2O2. The van der Waals surface area contributed by atoms with E-state index >= 15 is 0 Å². The molecule has 0 saturated heterocycles. The number of aliphatic imine (C=N–C) groups is 1. The second-order valence-electron chi connectivity index (χ2n) is 3.29. The van der Waals surface area contributed by atoms with E-state index in [-0.39, 0.29) is 18.2 Å². The van der Waals surface area contributed by atoms with Crippen LogP contribution in [0, 0.1) is 16.7 Å². The summed E-state index contributed by atoms with van der Waals surface area (Å²) in [5, 5.41) is 9.04. The van der Waals surface area contributed by atoms with Gasteiger partial charge in [0, 0.05) is 0 Å². The molecule has 1 amide bonds. The van der Waals surface area contributed by atoms with Gasteiger partial charge in [-0.05, 0) is 19.4 Å². The first-order valence-electron chi connectivity index (χ1n) is 3.99. The van der Waals surface area contributed by atoms with Crippen molar-refractivity contribution in [2.75, 3.05) is 0 Å². The number of ether oxygens (including phenoxy) is 1. The lowest BCUT2D eigenvalue weighted by atomic mass is 9.81. The molecule has 2 rings (SSSR count). The fourth-order valence-corrected chi connectivity index (χ4v) is 1.65. The van der Waals surface area contributed by atoms with Crippen LogP contribution in [-0.4, -0.2) is 11.8 Å². The van der Waals surface area contributed by atoms with Gasteiger partial charge in [0.15, 0.2) is 5.41 Å². The van der Waals surface area contributed by atoms with Crippen molar-refractivity contribution < 1.29 is 9.53 Å². The minimum atomic E-state index is -0.888. The van der Waals surface area contributed by atoms with Crippen molar-refractivity contribution in [3.63, 3.8) is 0 Å². The lowest BCUT2D eigenvalue weighted by Gasteiger charge is -2.12. The summed E-state index contributed by atoms with van der Waals surface area (Å²) in [5.41, 5.74) is -0.0825. The highest BCUT2D eigenvalue weighted by Crippen LogP contribution is 2.44. The standard InChI is InChI=1S/C9H8N2O2/c1-5-6(2)13-8-9(5,4-10)3-7(12)11-8/h3H2,1-2H3/t9-/m1/s1. The summed E-state index contributed by atoms with van der Waals surface area (Å²) in [6, 6.07) is 2.12. The number of nitriles is 1. The van der Waals surface area contributed by atoms with Gasteiger partial charge in [-0.25, -0.2) is 0 Å². The van der Waals surface area contributed by atoms with Crippen LogP contribution in [0.1, 0.15) is 20.3 Å². The molecule has 1 atom stereocenters. The van der Waals surface area contributed by atoms with Crippen LogP contribution < -0.4 is 0 Å². The zero-order valence-electron chi connectivity index (χ0n) is 7.42. The molecule has 0 aromatic heterocycles. The van der Waals surface area contributed by atoms with Crippen LogP contribution in [0.4, 0.5) is 0 Å². The van der Waals surface area contributed by atoms with Crippen molar-refractivity contribution in [1.82, 2.24) is 0 Å². The van der Waals surface area contributed by atoms with E-state index in [2.05, 4.69) is 11.1 Å². The minimum Gasteiger partial charge on any atom is -0.445 e. The summed E-state index contributed by atoms with van der Waals surface area (Å²) in [6.07, 6.45) is 0.127. The van der Waals surface area contributed by atoms with E-state index in [0.29, 0.717) is 5.76 Å². The van der Waals surface area contributed by atoms with Gasteiger partial charge in [0.1, 0.15) is 5.76 Å². The van der Waals surface area contributed by atoms with Crippen molar-refractivity contribution in [1.29, 1.82) is 5.26 Å². The Morgan fingerprint density at radius 2 is 2.31 bits per heavy atom. The molecule has 13 heavy (non-hydrogen) atoms. The second-order valence-corrected chi connectivity index (χ2v) is 3.29. The largest absolute Gasteiger partial charge is 0.445 e. The molecule has 0 aromatic carbocycles. The van der Waals surface area contributed by atoms with Gasteiger partial charge in [-0.15, -0.1) is 0 Å². The number of rotatable bonds is 0. The van der Waals surface area contributed by atoms with E-state index in [0.717, 1.165) is 5.57 Å². The first-order chi connectivity index (χ1) is 6.10. The van der Waals surface area contributed by atoms with Gasteiger partial charge in [-0.2, -0.15) is 10.3 Å². The lowest BCUT2D eigenvalue weighted by Crippen LogP contribution is -2.23. The van der Waals surface area contributed by atoms with Crippen LogP contribution >= 0.6 is 0 Å². The molecule has 66 valence electrons. The fourth-order valence-electron chi connectivity index (χ4n) is 1.65. The zero-order chi connectivity index (χ0) is 9.64. The van der Waals surface area contributed by atoms with E-state index in [4.69, 9.17) is 10.00 Å². The molecule has 0 spiro atoms. The highest BCUT2D eigenvalue weighted by Gasteiger charge is 2.52. The van der Waals surface area contributed by atoms with Crippen molar-refractivity contribution in [2.24, 2.45) is 10.4 Å². The summed E-state index contributed by atoms with van der Waals surface area (Å²) >= 11 is 0. The predicted molar refractivity (Wildman–Crippen MR) is 44.6 cm³/mol. The Hall–Kier alpha value is -1.63. The van der Waals surface area contributed by atoms with Crippen molar-refractivity contribution in [3.8, 4) is 6.07 Å². The molecule has 0 aromatic rings. The van der Waals surface area contributed by atoms with E-state index in [1.807, 2.05) is 0 Å². The number of allylic oxidation sites excluding steroid dienone is 1. The molecule has 0 radical (unpaired) electrons. The molecule has 4 nitrogen and oxygen atoms in total. The third-order valence-electron chi connectivity index (χ3n) is 2.62. The molecule has 0 fully saturated rings. The van der Waals surface area contributed by atoms with Crippen LogP contribution in [0.15, 0.2) is 16.3 Å². The topological polar surface area (TPSA) is 62.5 Å². The molecule has 0 bridgehead atoms. The maximum absolute atomic E-state index is 11.0. The van der Waals surface area contributed by atoms with Crippen LogP contribution in [0.2, 0.25) is 0 Å². The highest BCUT2D eigenvalue weighted by molar-refractivity contribution is 6.07. The van der Waals surface area contributed by atoms with Crippen LogP contribution in [0.25, 0.3) is 0 Å². The third kappa shape index (κ3) is 0.788. The third-order valence-corrected chi connectivity index (χ3v) is 2.62. The Kier molecular flexibility index (Phi) is 1.35. The maximum Gasteiger partial charge on any atom is 0.251 e. The fraction of sp³-hybridized carbons (Fsp3) is 0.444. The molecule has 0 unspecified atom stereocenters. The normalized spacial score (nSPS) is 31.2. The average Bonchev–Trinajstić information content (AvgIpc) is 2.50. The Labute approximate surface area is 75.5 Å². The Morgan fingerprint density at radius 1 is 1.62 bits per heavy atom. The lowest BCUT2D eigenvalue weighted by molar-refractivity contribution is -0.117. The first kappa shape index (κ1) is 7.99. The van der Waals surface area contributed by atoms with Gasteiger partial charge < -0.3 is 4.74 Å². The maximum atomic E-state index is 11.0. The molecule has 2 aliphatic rings. The van der Waals surface area contributed by atoms with E-state index in [9.17, 15) is 4.79 Å². The molecule has 0 saturated carbocycles. The summed E-state index contributed by atoms with van der Waals surface area (Å²) in [7, 11) is 0. The van der Waals surface area contributed by atoms with Gasteiger partial charge >= 0.3 is 0 Å². The van der Waals surface area contributed by atoms with E-state index < -0.39 is 5.41 Å².